The number of rotatable bonds is 6. The minimum Gasteiger partial charge on any atom is -0.322 e. The molecule has 11 heteroatoms. The Balaban J connectivity index is 1.74. The van der Waals surface area contributed by atoms with E-state index in [0.717, 1.165) is 12.0 Å². The summed E-state index contributed by atoms with van der Waals surface area (Å²) in [7, 11) is 0. The molecule has 7 nitrogen and oxygen atoms in total. The summed E-state index contributed by atoms with van der Waals surface area (Å²) in [5, 5.41) is 2.63. The number of hydrogen-bond acceptors (Lipinski definition) is 4. The van der Waals surface area contributed by atoms with Crippen LogP contribution in [-0.2, 0) is 19.4 Å². The zero-order valence-electron chi connectivity index (χ0n) is 16.0. The van der Waals surface area contributed by atoms with E-state index in [1.165, 1.54) is 35.4 Å². The Morgan fingerprint density at radius 1 is 1.17 bits per heavy atom. The molecule has 4 aromatic heterocycles. The number of nitrogens with one attached hydrogen (secondary N) is 1. The lowest BCUT2D eigenvalue weighted by Gasteiger charge is -2.08. The Kier molecular flexibility index (Phi) is 5.18. The van der Waals surface area contributed by atoms with Crippen LogP contribution in [0.15, 0.2) is 37.1 Å². The minimum atomic E-state index is -4.37. The molecule has 0 fully saturated rings. The Hall–Kier alpha value is -3.37. The third kappa shape index (κ3) is 4.00. The second-order valence-corrected chi connectivity index (χ2v) is 6.79. The van der Waals surface area contributed by atoms with E-state index < -0.39 is 18.4 Å². The van der Waals surface area contributed by atoms with Crippen LogP contribution in [-0.4, -0.2) is 35.8 Å². The lowest BCUT2D eigenvalue weighted by atomic mass is 10.1. The standard InChI is InChI=1S/C19H17F4N7/c1-2-4-12-14(26-11-30-17(12)27-15(28-30)9-19(21,22)23)10-29-8-7-25-18(29)16-13(20)5-3-6-24-16/h3,5-8,11H,2,4,9-10H2,1H3/p+1. The first kappa shape index (κ1) is 19.9. The summed E-state index contributed by atoms with van der Waals surface area (Å²) in [6.07, 6.45) is 1.90. The maximum Gasteiger partial charge on any atom is 0.397 e. The van der Waals surface area contributed by atoms with Gasteiger partial charge in [0.25, 0.3) is 5.65 Å². The monoisotopic (exact) mass is 420 g/mol. The van der Waals surface area contributed by atoms with Crippen LogP contribution in [0.5, 0.6) is 0 Å². The lowest BCUT2D eigenvalue weighted by molar-refractivity contribution is -0.582. The van der Waals surface area contributed by atoms with Gasteiger partial charge < -0.3 is 4.57 Å². The fraction of sp³-hybridized carbons (Fsp3) is 0.316. The van der Waals surface area contributed by atoms with Crippen LogP contribution < -0.4 is 4.52 Å². The van der Waals surface area contributed by atoms with Gasteiger partial charge in [-0.1, -0.05) is 18.3 Å². The smallest absolute Gasteiger partial charge is 0.322 e. The highest BCUT2D eigenvalue weighted by molar-refractivity contribution is 5.51. The molecule has 4 rings (SSSR count). The number of aryl methyl sites for hydroxylation is 1. The SMILES string of the molecule is CCCc1c(Cn2ccnc2-c2ncccc2F)nc[n+]2[nH]c(CC(F)(F)F)nc12. The van der Waals surface area contributed by atoms with E-state index in [9.17, 15) is 17.6 Å². The van der Waals surface area contributed by atoms with Crippen molar-refractivity contribution in [2.75, 3.05) is 0 Å². The highest BCUT2D eigenvalue weighted by Gasteiger charge is 2.32. The molecule has 0 amide bonds. The van der Waals surface area contributed by atoms with E-state index in [2.05, 4.69) is 25.0 Å². The average Bonchev–Trinajstić information content (AvgIpc) is 3.29. The van der Waals surface area contributed by atoms with Crippen LogP contribution in [0.2, 0.25) is 0 Å². The lowest BCUT2D eigenvalue weighted by Crippen LogP contribution is -2.27. The molecule has 4 heterocycles. The number of H-pyrrole nitrogens is 1. The Morgan fingerprint density at radius 3 is 2.73 bits per heavy atom. The number of alkyl halides is 3. The molecule has 0 aliphatic rings. The molecular formula is C19H18F4N7+. The van der Waals surface area contributed by atoms with Crippen LogP contribution in [0, 0.1) is 5.82 Å². The number of halogens is 4. The molecular weight excluding hydrogens is 402 g/mol. The van der Waals surface area contributed by atoms with Crippen molar-refractivity contribution in [3.63, 3.8) is 0 Å². The fourth-order valence-electron chi connectivity index (χ4n) is 3.31. The van der Waals surface area contributed by atoms with Crippen molar-refractivity contribution in [2.24, 2.45) is 0 Å². The highest BCUT2D eigenvalue weighted by atomic mass is 19.4. The molecule has 0 unspecified atom stereocenters. The van der Waals surface area contributed by atoms with E-state index in [-0.39, 0.29) is 18.1 Å². The Labute approximate surface area is 168 Å². The summed E-state index contributed by atoms with van der Waals surface area (Å²) in [5.41, 5.74) is 1.86. The van der Waals surface area contributed by atoms with Gasteiger partial charge in [0, 0.05) is 18.6 Å². The van der Waals surface area contributed by atoms with Gasteiger partial charge in [-0.25, -0.2) is 19.5 Å². The predicted molar refractivity (Wildman–Crippen MR) is 97.8 cm³/mol. The molecule has 0 aliphatic heterocycles. The van der Waals surface area contributed by atoms with Gasteiger partial charge in [0.1, 0.15) is 17.8 Å². The molecule has 0 bridgehead atoms. The molecule has 0 radical (unpaired) electrons. The largest absolute Gasteiger partial charge is 0.397 e. The van der Waals surface area contributed by atoms with Gasteiger partial charge in [0.05, 0.1) is 12.1 Å². The predicted octanol–water partition coefficient (Wildman–Crippen LogP) is 3.05. The Bertz CT molecular complexity index is 1180. The molecule has 0 spiro atoms. The van der Waals surface area contributed by atoms with Crippen molar-refractivity contribution in [1.29, 1.82) is 0 Å². The number of aromatic nitrogens is 7. The van der Waals surface area contributed by atoms with E-state index in [1.54, 1.807) is 10.8 Å². The second-order valence-electron chi connectivity index (χ2n) is 6.79. The molecule has 0 aromatic carbocycles. The summed E-state index contributed by atoms with van der Waals surface area (Å²) in [6.45, 7) is 2.21. The van der Waals surface area contributed by atoms with E-state index in [4.69, 9.17) is 0 Å². The molecule has 0 atom stereocenters. The topological polar surface area (TPSA) is 76.4 Å². The van der Waals surface area contributed by atoms with Crippen molar-refractivity contribution >= 4 is 5.65 Å². The zero-order valence-corrected chi connectivity index (χ0v) is 16.0. The van der Waals surface area contributed by atoms with Crippen molar-refractivity contribution < 1.29 is 22.1 Å². The van der Waals surface area contributed by atoms with Gasteiger partial charge in [-0.2, -0.15) is 13.2 Å². The van der Waals surface area contributed by atoms with E-state index >= 15 is 0 Å². The number of pyridine rings is 1. The van der Waals surface area contributed by atoms with Crippen molar-refractivity contribution in [2.45, 2.75) is 38.9 Å². The van der Waals surface area contributed by atoms with Gasteiger partial charge >= 0.3 is 6.18 Å². The average molecular weight is 420 g/mol. The molecule has 0 aliphatic carbocycles. The third-order valence-electron chi connectivity index (χ3n) is 4.54. The van der Waals surface area contributed by atoms with Crippen molar-refractivity contribution in [3.05, 3.63) is 59.9 Å². The second kappa shape index (κ2) is 7.81. The van der Waals surface area contributed by atoms with Gasteiger partial charge in [0.15, 0.2) is 11.6 Å². The van der Waals surface area contributed by atoms with Crippen LogP contribution in [0.25, 0.3) is 17.2 Å². The molecule has 0 saturated carbocycles. The maximum atomic E-state index is 14.2. The van der Waals surface area contributed by atoms with Gasteiger partial charge in [-0.15, -0.1) is 9.50 Å². The van der Waals surface area contributed by atoms with Crippen molar-refractivity contribution in [3.8, 4) is 11.5 Å². The number of aromatic amines is 1. The van der Waals surface area contributed by atoms with Gasteiger partial charge in [-0.05, 0) is 18.6 Å². The first-order chi connectivity index (χ1) is 14.4. The molecule has 30 heavy (non-hydrogen) atoms. The van der Waals surface area contributed by atoms with Gasteiger partial charge in [-0.3, -0.25) is 0 Å². The first-order valence-electron chi connectivity index (χ1n) is 9.31. The maximum absolute atomic E-state index is 14.2. The normalized spacial score (nSPS) is 12.0. The number of fused-ring (bicyclic) bond motifs is 1. The summed E-state index contributed by atoms with van der Waals surface area (Å²) < 4.78 is 55.5. The van der Waals surface area contributed by atoms with E-state index in [1.807, 2.05) is 6.92 Å². The molecule has 0 saturated heterocycles. The fourth-order valence-corrected chi connectivity index (χ4v) is 3.31. The quantitative estimate of drug-likeness (QED) is 0.384. The third-order valence-corrected chi connectivity index (χ3v) is 4.54. The van der Waals surface area contributed by atoms with Crippen LogP contribution in [0.1, 0.15) is 30.4 Å². The van der Waals surface area contributed by atoms with Crippen LogP contribution in [0.4, 0.5) is 17.6 Å². The molecule has 156 valence electrons. The first-order valence-corrected chi connectivity index (χ1v) is 9.31. The van der Waals surface area contributed by atoms with E-state index in [0.29, 0.717) is 23.6 Å². The van der Waals surface area contributed by atoms with Gasteiger partial charge in [0.2, 0.25) is 12.2 Å². The summed E-state index contributed by atoms with van der Waals surface area (Å²) >= 11 is 0. The van der Waals surface area contributed by atoms with Crippen LogP contribution in [0.3, 0.4) is 0 Å². The summed E-state index contributed by atoms with van der Waals surface area (Å²) in [6, 6.07) is 2.80. The molecule has 4 aromatic rings. The van der Waals surface area contributed by atoms with Crippen molar-refractivity contribution in [1.82, 2.24) is 29.6 Å². The summed E-state index contributed by atoms with van der Waals surface area (Å²) in [5.74, 6) is -0.343. The number of imidazole rings is 1. The van der Waals surface area contributed by atoms with Crippen LogP contribution >= 0.6 is 0 Å². The minimum absolute atomic E-state index is 0.113. The zero-order chi connectivity index (χ0) is 21.3. The highest BCUT2D eigenvalue weighted by Crippen LogP contribution is 2.22. The number of hydrogen-bond donors (Lipinski definition) is 1. The summed E-state index contributed by atoms with van der Waals surface area (Å²) in [4.78, 5) is 16.8. The Morgan fingerprint density at radius 2 is 2.00 bits per heavy atom. The number of nitrogens with zero attached hydrogens (tertiary/aromatic N) is 6. The molecule has 1 N–H and O–H groups in total.